The van der Waals surface area contributed by atoms with Crippen LogP contribution in [0.2, 0.25) is 0 Å². The van der Waals surface area contributed by atoms with Gasteiger partial charge < -0.3 is 0 Å². The fraction of sp³-hybridized carbons (Fsp3) is 0.500. The van der Waals surface area contributed by atoms with Crippen LogP contribution in [0.15, 0.2) is 42.5 Å². The Morgan fingerprint density at radius 2 is 1.71 bits per heavy atom. The maximum absolute atomic E-state index is 14.9. The highest BCUT2D eigenvalue weighted by molar-refractivity contribution is 5.34. The Bertz CT molecular complexity index is 794. The Balaban J connectivity index is 1.71. The molecule has 2 aromatic rings. The van der Waals surface area contributed by atoms with E-state index in [1.807, 2.05) is 36.4 Å². The zero-order valence-corrected chi connectivity index (χ0v) is 17.1. The lowest BCUT2D eigenvalue weighted by atomic mass is 9.66. The van der Waals surface area contributed by atoms with Gasteiger partial charge in [0.25, 0.3) is 0 Å². The molecule has 2 heteroatoms. The maximum Gasteiger partial charge on any atom is 0.126 e. The lowest BCUT2D eigenvalue weighted by Crippen LogP contribution is -2.29. The Kier molecular flexibility index (Phi) is 7.26. The maximum atomic E-state index is 14.9. The van der Waals surface area contributed by atoms with Gasteiger partial charge in [0.05, 0.1) is 11.6 Å². The molecule has 1 nitrogen and oxygen atoms in total. The topological polar surface area (TPSA) is 23.8 Å². The minimum absolute atomic E-state index is 0.0495. The summed E-state index contributed by atoms with van der Waals surface area (Å²) >= 11 is 0. The Labute approximate surface area is 169 Å². The normalized spacial score (nSPS) is 15.9. The number of benzene rings is 2. The lowest BCUT2D eigenvalue weighted by Gasteiger charge is -2.38. The molecule has 0 aliphatic heterocycles. The molecule has 1 fully saturated rings. The number of halogens is 1. The predicted molar refractivity (Wildman–Crippen MR) is 114 cm³/mol. The molecule has 1 aliphatic carbocycles. The Morgan fingerprint density at radius 1 is 0.964 bits per heavy atom. The van der Waals surface area contributed by atoms with Crippen molar-refractivity contribution < 1.29 is 4.39 Å². The van der Waals surface area contributed by atoms with Crippen molar-refractivity contribution in [1.82, 2.24) is 0 Å². The average molecular weight is 378 g/mol. The van der Waals surface area contributed by atoms with Gasteiger partial charge >= 0.3 is 0 Å². The standard InChI is InChI=1S/C26H32FN/c1-2-3-5-16-26(17-6-4-7-18-26)24-15-14-23(25(27)19-24)13-12-21-8-10-22(20-28)11-9-21/h8-11,14-15,19H,2-7,12-13,16-18H2,1H3. The number of hydrogen-bond donors (Lipinski definition) is 0. The zero-order chi connectivity index (χ0) is 19.8. The van der Waals surface area contributed by atoms with E-state index in [9.17, 15) is 4.39 Å². The smallest absolute Gasteiger partial charge is 0.126 e. The van der Waals surface area contributed by atoms with Crippen LogP contribution in [0.25, 0.3) is 0 Å². The second-order valence-electron chi connectivity index (χ2n) is 8.41. The summed E-state index contributed by atoms with van der Waals surface area (Å²) in [5.74, 6) is -0.0495. The van der Waals surface area contributed by atoms with Crippen LogP contribution in [0, 0.1) is 17.1 Å². The van der Waals surface area contributed by atoms with Crippen LogP contribution in [0.4, 0.5) is 4.39 Å². The van der Waals surface area contributed by atoms with Gasteiger partial charge in [-0.1, -0.05) is 69.7 Å². The van der Waals surface area contributed by atoms with Crippen LogP contribution in [-0.2, 0) is 18.3 Å². The largest absolute Gasteiger partial charge is 0.207 e. The molecule has 0 atom stereocenters. The number of unbranched alkanes of at least 4 members (excludes halogenated alkanes) is 2. The van der Waals surface area contributed by atoms with E-state index in [1.54, 1.807) is 0 Å². The highest BCUT2D eigenvalue weighted by Crippen LogP contribution is 2.43. The third kappa shape index (κ3) is 5.02. The second kappa shape index (κ2) is 9.87. The molecule has 148 valence electrons. The van der Waals surface area contributed by atoms with Gasteiger partial charge in [0, 0.05) is 0 Å². The minimum Gasteiger partial charge on any atom is -0.207 e. The van der Waals surface area contributed by atoms with E-state index in [4.69, 9.17) is 5.26 Å². The fourth-order valence-electron chi connectivity index (χ4n) is 4.73. The van der Waals surface area contributed by atoms with Crippen molar-refractivity contribution in [2.24, 2.45) is 0 Å². The number of nitriles is 1. The first-order valence-corrected chi connectivity index (χ1v) is 10.9. The van der Waals surface area contributed by atoms with E-state index in [2.05, 4.69) is 19.1 Å². The molecule has 0 N–H and O–H groups in total. The number of rotatable bonds is 8. The third-order valence-electron chi connectivity index (χ3n) is 6.50. The van der Waals surface area contributed by atoms with Crippen LogP contribution in [0.3, 0.4) is 0 Å². The van der Waals surface area contributed by atoms with Crippen LogP contribution in [-0.4, -0.2) is 0 Å². The van der Waals surface area contributed by atoms with Crippen molar-refractivity contribution in [3.05, 3.63) is 70.5 Å². The van der Waals surface area contributed by atoms with E-state index in [-0.39, 0.29) is 11.2 Å². The summed E-state index contributed by atoms with van der Waals surface area (Å²) in [6.45, 7) is 2.25. The number of hydrogen-bond acceptors (Lipinski definition) is 1. The highest BCUT2D eigenvalue weighted by Gasteiger charge is 2.33. The number of aryl methyl sites for hydroxylation is 2. The van der Waals surface area contributed by atoms with Crippen molar-refractivity contribution >= 4 is 0 Å². The highest BCUT2D eigenvalue weighted by atomic mass is 19.1. The molecule has 3 rings (SSSR count). The van der Waals surface area contributed by atoms with E-state index in [0.717, 1.165) is 17.5 Å². The second-order valence-corrected chi connectivity index (χ2v) is 8.41. The quantitative estimate of drug-likeness (QED) is 0.444. The molecule has 0 heterocycles. The summed E-state index contributed by atoms with van der Waals surface area (Å²) in [4.78, 5) is 0. The predicted octanol–water partition coefficient (Wildman–Crippen LogP) is 7.26. The molecule has 1 saturated carbocycles. The molecule has 0 aromatic heterocycles. The van der Waals surface area contributed by atoms with Crippen molar-refractivity contribution in [3.8, 4) is 6.07 Å². The first kappa shape index (κ1) is 20.6. The first-order chi connectivity index (χ1) is 13.7. The van der Waals surface area contributed by atoms with Gasteiger partial charge in [0.1, 0.15) is 5.82 Å². The molecule has 0 spiro atoms. The molecule has 28 heavy (non-hydrogen) atoms. The SMILES string of the molecule is CCCCCC1(c2ccc(CCc3ccc(C#N)cc3)c(F)c2)CCCCC1. The van der Waals surface area contributed by atoms with E-state index >= 15 is 0 Å². The minimum atomic E-state index is -0.0495. The first-order valence-electron chi connectivity index (χ1n) is 10.9. The van der Waals surface area contributed by atoms with Gasteiger partial charge in [0.2, 0.25) is 0 Å². The molecule has 0 radical (unpaired) electrons. The fourth-order valence-corrected chi connectivity index (χ4v) is 4.73. The van der Waals surface area contributed by atoms with Crippen molar-refractivity contribution in [2.45, 2.75) is 83.0 Å². The molecule has 2 aromatic carbocycles. The average Bonchev–Trinajstić information content (AvgIpc) is 2.74. The van der Waals surface area contributed by atoms with Gasteiger partial charge in [-0.05, 0) is 72.4 Å². The summed E-state index contributed by atoms with van der Waals surface area (Å²) in [6, 6.07) is 15.8. The Hall–Kier alpha value is -2.14. The zero-order valence-electron chi connectivity index (χ0n) is 17.1. The van der Waals surface area contributed by atoms with Crippen LogP contribution in [0.1, 0.15) is 87.0 Å². The third-order valence-corrected chi connectivity index (χ3v) is 6.50. The molecule has 0 bridgehead atoms. The van der Waals surface area contributed by atoms with E-state index in [1.165, 1.54) is 63.4 Å². The van der Waals surface area contributed by atoms with Gasteiger partial charge in [-0.15, -0.1) is 0 Å². The summed E-state index contributed by atoms with van der Waals surface area (Å²) in [6.07, 6.45) is 12.7. The number of nitrogens with zero attached hydrogens (tertiary/aromatic N) is 1. The lowest BCUT2D eigenvalue weighted by molar-refractivity contribution is 0.265. The molecular weight excluding hydrogens is 345 g/mol. The van der Waals surface area contributed by atoms with E-state index < -0.39 is 0 Å². The van der Waals surface area contributed by atoms with E-state index in [0.29, 0.717) is 12.0 Å². The Morgan fingerprint density at radius 3 is 2.36 bits per heavy atom. The van der Waals surface area contributed by atoms with Crippen molar-refractivity contribution in [3.63, 3.8) is 0 Å². The molecule has 0 saturated heterocycles. The van der Waals surface area contributed by atoms with Crippen LogP contribution < -0.4 is 0 Å². The van der Waals surface area contributed by atoms with Gasteiger partial charge in [-0.3, -0.25) is 0 Å². The van der Waals surface area contributed by atoms with Crippen molar-refractivity contribution in [2.75, 3.05) is 0 Å². The van der Waals surface area contributed by atoms with Gasteiger partial charge in [0.15, 0.2) is 0 Å². The van der Waals surface area contributed by atoms with Crippen LogP contribution >= 0.6 is 0 Å². The molecule has 1 aliphatic rings. The van der Waals surface area contributed by atoms with Gasteiger partial charge in [-0.2, -0.15) is 5.26 Å². The summed E-state index contributed by atoms with van der Waals surface area (Å²) < 4.78 is 14.9. The monoisotopic (exact) mass is 377 g/mol. The van der Waals surface area contributed by atoms with Crippen LogP contribution in [0.5, 0.6) is 0 Å². The molecular formula is C26H32FN. The molecule has 0 unspecified atom stereocenters. The van der Waals surface area contributed by atoms with Crippen molar-refractivity contribution in [1.29, 1.82) is 5.26 Å². The summed E-state index contributed by atoms with van der Waals surface area (Å²) in [7, 11) is 0. The summed E-state index contributed by atoms with van der Waals surface area (Å²) in [5, 5.41) is 8.90. The summed E-state index contributed by atoms with van der Waals surface area (Å²) in [5.41, 5.74) is 4.03. The molecule has 0 amide bonds. The van der Waals surface area contributed by atoms with Gasteiger partial charge in [-0.25, -0.2) is 4.39 Å².